The van der Waals surface area contributed by atoms with Gasteiger partial charge in [0, 0.05) is 29.6 Å². The molecule has 0 aromatic heterocycles. The van der Waals surface area contributed by atoms with Gasteiger partial charge in [-0.15, -0.1) is 0 Å². The SMILES string of the molecule is CCc1ccccc1N1CCCC1.N#N. The molecule has 0 amide bonds. The minimum absolute atomic E-state index is 1.15. The van der Waals surface area contributed by atoms with Gasteiger partial charge in [0.15, 0.2) is 0 Å². The van der Waals surface area contributed by atoms with E-state index in [1.807, 2.05) is 0 Å². The molecule has 3 heteroatoms. The maximum atomic E-state index is 6.00. The standard InChI is InChI=1S/C12H17N.N2/c1-2-11-7-3-4-8-12(11)13-9-5-6-10-13;1-2/h3-4,7-8H,2,5-6,9-10H2,1H3;. The molecule has 1 aliphatic heterocycles. The van der Waals surface area contributed by atoms with Crippen LogP contribution in [-0.2, 0) is 6.42 Å². The lowest BCUT2D eigenvalue weighted by Crippen LogP contribution is -2.18. The molecular weight excluding hydrogens is 186 g/mol. The predicted octanol–water partition coefficient (Wildman–Crippen LogP) is 2.88. The number of benzene rings is 1. The zero-order chi connectivity index (χ0) is 11.1. The topological polar surface area (TPSA) is 50.8 Å². The van der Waals surface area contributed by atoms with Gasteiger partial charge in [-0.05, 0) is 30.9 Å². The minimum Gasteiger partial charge on any atom is -0.371 e. The highest BCUT2D eigenvalue weighted by Gasteiger charge is 2.13. The molecule has 0 spiro atoms. The molecule has 1 aliphatic rings. The number of nitrogens with zero attached hydrogens (tertiary/aromatic N) is 3. The zero-order valence-electron chi connectivity index (χ0n) is 9.19. The van der Waals surface area contributed by atoms with E-state index in [9.17, 15) is 0 Å². The summed E-state index contributed by atoms with van der Waals surface area (Å²) in [6.45, 7) is 4.73. The van der Waals surface area contributed by atoms with Crippen LogP contribution in [0.1, 0.15) is 25.3 Å². The number of aryl methyl sites for hydroxylation is 1. The number of hydrogen-bond acceptors (Lipinski definition) is 3. The Hall–Kier alpha value is -1.56. The van der Waals surface area contributed by atoms with Crippen molar-refractivity contribution in [1.82, 2.24) is 0 Å². The first-order chi connectivity index (χ1) is 7.42. The highest BCUT2D eigenvalue weighted by atomic mass is 15.1. The summed E-state index contributed by atoms with van der Waals surface area (Å²) in [6.07, 6.45) is 3.86. The number of rotatable bonds is 2. The molecule has 1 saturated heterocycles. The molecule has 2 rings (SSSR count). The van der Waals surface area contributed by atoms with Gasteiger partial charge in [0.05, 0.1) is 0 Å². The summed E-state index contributed by atoms with van der Waals surface area (Å²) in [5.74, 6) is 0. The summed E-state index contributed by atoms with van der Waals surface area (Å²) in [4.78, 5) is 2.51. The Labute approximate surface area is 91.1 Å². The fraction of sp³-hybridized carbons (Fsp3) is 0.500. The van der Waals surface area contributed by atoms with Crippen molar-refractivity contribution in [1.29, 1.82) is 10.8 Å². The summed E-state index contributed by atoms with van der Waals surface area (Å²) in [5.41, 5.74) is 2.95. The predicted molar refractivity (Wildman–Crippen MR) is 60.7 cm³/mol. The van der Waals surface area contributed by atoms with Gasteiger partial charge in [0.1, 0.15) is 0 Å². The van der Waals surface area contributed by atoms with Crippen molar-refractivity contribution in [3.8, 4) is 0 Å². The van der Waals surface area contributed by atoms with Crippen LogP contribution in [0.2, 0.25) is 0 Å². The molecule has 1 aromatic rings. The lowest BCUT2D eigenvalue weighted by atomic mass is 10.1. The van der Waals surface area contributed by atoms with Crippen molar-refractivity contribution in [2.75, 3.05) is 18.0 Å². The van der Waals surface area contributed by atoms with Gasteiger partial charge in [-0.3, -0.25) is 0 Å². The summed E-state index contributed by atoms with van der Waals surface area (Å²) < 4.78 is 0. The molecule has 0 bridgehead atoms. The molecule has 0 unspecified atom stereocenters. The van der Waals surface area contributed by atoms with E-state index < -0.39 is 0 Å². The van der Waals surface area contributed by atoms with E-state index in [2.05, 4.69) is 36.1 Å². The van der Waals surface area contributed by atoms with Crippen LogP contribution in [0.4, 0.5) is 5.69 Å². The maximum Gasteiger partial charge on any atom is 0.0398 e. The van der Waals surface area contributed by atoms with Gasteiger partial charge in [-0.25, -0.2) is 0 Å². The fourth-order valence-corrected chi connectivity index (χ4v) is 2.08. The zero-order valence-corrected chi connectivity index (χ0v) is 9.19. The molecule has 1 aromatic carbocycles. The van der Waals surface area contributed by atoms with E-state index in [1.165, 1.54) is 37.2 Å². The van der Waals surface area contributed by atoms with E-state index in [0.717, 1.165) is 6.42 Å². The fourth-order valence-electron chi connectivity index (χ4n) is 2.08. The Kier molecular flexibility index (Phi) is 4.62. The smallest absolute Gasteiger partial charge is 0.0398 e. The molecule has 3 nitrogen and oxygen atoms in total. The summed E-state index contributed by atoms with van der Waals surface area (Å²) >= 11 is 0. The van der Waals surface area contributed by atoms with Gasteiger partial charge in [-0.2, -0.15) is 0 Å². The molecule has 0 aliphatic carbocycles. The van der Waals surface area contributed by atoms with Crippen LogP contribution in [0.15, 0.2) is 24.3 Å². The first-order valence-electron chi connectivity index (χ1n) is 5.44. The molecular formula is C12H17N3. The first kappa shape index (κ1) is 11.5. The lowest BCUT2D eigenvalue weighted by Gasteiger charge is -2.20. The van der Waals surface area contributed by atoms with Crippen LogP contribution in [0.5, 0.6) is 0 Å². The maximum absolute atomic E-state index is 6.00. The molecule has 0 radical (unpaired) electrons. The third-order valence-electron chi connectivity index (χ3n) is 2.82. The van der Waals surface area contributed by atoms with E-state index in [0.29, 0.717) is 0 Å². The van der Waals surface area contributed by atoms with Crippen molar-refractivity contribution in [3.05, 3.63) is 29.8 Å². The Balaban J connectivity index is 0.000000531. The molecule has 0 saturated carbocycles. The average Bonchev–Trinajstić information content (AvgIpc) is 2.85. The molecule has 1 heterocycles. The minimum atomic E-state index is 1.15. The second-order valence-corrected chi connectivity index (χ2v) is 3.68. The van der Waals surface area contributed by atoms with Crippen LogP contribution in [-0.4, -0.2) is 13.1 Å². The third kappa shape index (κ3) is 2.69. The molecule has 0 N–H and O–H groups in total. The lowest BCUT2D eigenvalue weighted by molar-refractivity contribution is 0.948. The van der Waals surface area contributed by atoms with Crippen molar-refractivity contribution >= 4 is 5.69 Å². The van der Waals surface area contributed by atoms with Crippen LogP contribution >= 0.6 is 0 Å². The summed E-state index contributed by atoms with van der Waals surface area (Å²) in [6, 6.07) is 8.78. The van der Waals surface area contributed by atoms with E-state index in [4.69, 9.17) is 10.8 Å². The Morgan fingerprint density at radius 1 is 1.13 bits per heavy atom. The molecule has 15 heavy (non-hydrogen) atoms. The average molecular weight is 203 g/mol. The van der Waals surface area contributed by atoms with Crippen LogP contribution < -0.4 is 4.90 Å². The summed E-state index contributed by atoms with van der Waals surface area (Å²) in [5, 5.41) is 12.0. The second-order valence-electron chi connectivity index (χ2n) is 3.68. The summed E-state index contributed by atoms with van der Waals surface area (Å²) in [7, 11) is 0. The Morgan fingerprint density at radius 2 is 1.73 bits per heavy atom. The largest absolute Gasteiger partial charge is 0.371 e. The molecule has 80 valence electrons. The van der Waals surface area contributed by atoms with Gasteiger partial charge in [0.2, 0.25) is 0 Å². The van der Waals surface area contributed by atoms with Gasteiger partial charge >= 0.3 is 0 Å². The molecule has 1 fully saturated rings. The van der Waals surface area contributed by atoms with Gasteiger partial charge in [-0.1, -0.05) is 25.1 Å². The monoisotopic (exact) mass is 203 g/mol. The third-order valence-corrected chi connectivity index (χ3v) is 2.82. The highest BCUT2D eigenvalue weighted by Crippen LogP contribution is 2.24. The number of para-hydroxylation sites is 1. The van der Waals surface area contributed by atoms with Crippen LogP contribution in [0.25, 0.3) is 0 Å². The molecule has 0 atom stereocenters. The van der Waals surface area contributed by atoms with E-state index in [-0.39, 0.29) is 0 Å². The van der Waals surface area contributed by atoms with Crippen LogP contribution in [0.3, 0.4) is 0 Å². The normalized spacial score (nSPS) is 14.5. The first-order valence-corrected chi connectivity index (χ1v) is 5.44. The van der Waals surface area contributed by atoms with Crippen molar-refractivity contribution < 1.29 is 0 Å². The second kappa shape index (κ2) is 6.02. The Bertz CT molecular complexity index is 314. The van der Waals surface area contributed by atoms with E-state index in [1.54, 1.807) is 0 Å². The van der Waals surface area contributed by atoms with E-state index >= 15 is 0 Å². The van der Waals surface area contributed by atoms with Gasteiger partial charge < -0.3 is 4.90 Å². The number of hydrogen-bond donors (Lipinski definition) is 0. The van der Waals surface area contributed by atoms with Crippen molar-refractivity contribution in [3.63, 3.8) is 0 Å². The van der Waals surface area contributed by atoms with Crippen LogP contribution in [0, 0.1) is 10.8 Å². The quantitative estimate of drug-likeness (QED) is 0.694. The number of anilines is 1. The Morgan fingerprint density at radius 3 is 2.33 bits per heavy atom. The van der Waals surface area contributed by atoms with Crippen molar-refractivity contribution in [2.45, 2.75) is 26.2 Å². The van der Waals surface area contributed by atoms with Crippen molar-refractivity contribution in [2.24, 2.45) is 0 Å². The highest BCUT2D eigenvalue weighted by molar-refractivity contribution is 5.54. The van der Waals surface area contributed by atoms with Gasteiger partial charge in [0.25, 0.3) is 0 Å².